The summed E-state index contributed by atoms with van der Waals surface area (Å²) in [6.45, 7) is 1.93. The highest BCUT2D eigenvalue weighted by atomic mass is 16.5. The van der Waals surface area contributed by atoms with E-state index >= 15 is 0 Å². The van der Waals surface area contributed by atoms with Crippen LogP contribution in [0.1, 0.15) is 15.9 Å². The minimum atomic E-state index is -0.303. The van der Waals surface area contributed by atoms with Gasteiger partial charge in [-0.25, -0.2) is 4.98 Å². The molecular weight excluding hydrogens is 242 g/mol. The quantitative estimate of drug-likeness (QED) is 0.827. The lowest BCUT2D eigenvalue weighted by atomic mass is 10.1. The van der Waals surface area contributed by atoms with Crippen LogP contribution in [0.25, 0.3) is 0 Å². The predicted octanol–water partition coefficient (Wildman–Crippen LogP) is 2.23. The molecule has 1 aromatic carbocycles. The molecule has 0 aliphatic rings. The fourth-order valence-electron chi connectivity index (χ4n) is 1.75. The van der Waals surface area contributed by atoms with Crippen molar-refractivity contribution in [3.8, 4) is 5.75 Å². The standard InChI is InChI=1S/C14H15N3O2/c1-9-6-7-16-12(8-9)17-14(18)10-4-3-5-11(15)13(10)19-2/h3-8H,15H2,1-2H3,(H,16,17,18). The zero-order chi connectivity index (χ0) is 13.8. The number of aryl methyl sites for hydroxylation is 1. The first-order chi connectivity index (χ1) is 9.11. The van der Waals surface area contributed by atoms with Gasteiger partial charge in [-0.2, -0.15) is 0 Å². The van der Waals surface area contributed by atoms with Crippen molar-refractivity contribution >= 4 is 17.4 Å². The number of nitrogen functional groups attached to an aromatic ring is 1. The number of benzene rings is 1. The Balaban J connectivity index is 2.28. The van der Waals surface area contributed by atoms with E-state index < -0.39 is 0 Å². The molecule has 0 fully saturated rings. The topological polar surface area (TPSA) is 77.2 Å². The molecule has 0 bridgehead atoms. The molecule has 0 saturated carbocycles. The molecule has 0 unspecified atom stereocenters. The van der Waals surface area contributed by atoms with Gasteiger partial charge in [0.15, 0.2) is 5.75 Å². The molecule has 19 heavy (non-hydrogen) atoms. The number of rotatable bonds is 3. The summed E-state index contributed by atoms with van der Waals surface area (Å²) < 4.78 is 5.15. The van der Waals surface area contributed by atoms with Gasteiger partial charge in [-0.15, -0.1) is 0 Å². The zero-order valence-electron chi connectivity index (χ0n) is 10.8. The average molecular weight is 257 g/mol. The summed E-state index contributed by atoms with van der Waals surface area (Å²) in [5.41, 5.74) is 7.59. The smallest absolute Gasteiger partial charge is 0.260 e. The van der Waals surface area contributed by atoms with E-state index in [1.807, 2.05) is 13.0 Å². The Hall–Kier alpha value is -2.56. The molecule has 0 aliphatic carbocycles. The number of hydrogen-bond acceptors (Lipinski definition) is 4. The second-order valence-electron chi connectivity index (χ2n) is 4.10. The predicted molar refractivity (Wildman–Crippen MR) is 74.3 cm³/mol. The van der Waals surface area contributed by atoms with Gasteiger partial charge in [0.2, 0.25) is 0 Å². The van der Waals surface area contributed by atoms with Crippen molar-refractivity contribution in [2.24, 2.45) is 0 Å². The molecule has 1 amide bonds. The van der Waals surface area contributed by atoms with Crippen LogP contribution >= 0.6 is 0 Å². The van der Waals surface area contributed by atoms with Gasteiger partial charge >= 0.3 is 0 Å². The van der Waals surface area contributed by atoms with Gasteiger partial charge in [0, 0.05) is 6.20 Å². The molecule has 0 saturated heterocycles. The summed E-state index contributed by atoms with van der Waals surface area (Å²) in [6.07, 6.45) is 1.64. The van der Waals surface area contributed by atoms with E-state index in [0.717, 1.165) is 5.56 Å². The third-order valence-electron chi connectivity index (χ3n) is 2.65. The summed E-state index contributed by atoms with van der Waals surface area (Å²) in [5.74, 6) is 0.560. The molecule has 1 heterocycles. The molecule has 5 nitrogen and oxygen atoms in total. The van der Waals surface area contributed by atoms with E-state index in [2.05, 4.69) is 10.3 Å². The Morgan fingerprint density at radius 3 is 2.84 bits per heavy atom. The third kappa shape index (κ3) is 2.82. The maximum absolute atomic E-state index is 12.2. The van der Waals surface area contributed by atoms with Gasteiger partial charge in [-0.1, -0.05) is 6.07 Å². The number of ether oxygens (including phenoxy) is 1. The highest BCUT2D eigenvalue weighted by molar-refractivity contribution is 6.06. The normalized spacial score (nSPS) is 10.0. The molecule has 1 aromatic heterocycles. The Kier molecular flexibility index (Phi) is 3.66. The molecule has 0 atom stereocenters. The second-order valence-corrected chi connectivity index (χ2v) is 4.10. The van der Waals surface area contributed by atoms with Crippen molar-refractivity contribution in [2.45, 2.75) is 6.92 Å². The number of methoxy groups -OCH3 is 1. The van der Waals surface area contributed by atoms with Crippen molar-refractivity contribution in [3.63, 3.8) is 0 Å². The monoisotopic (exact) mass is 257 g/mol. The average Bonchev–Trinajstić information content (AvgIpc) is 2.38. The third-order valence-corrected chi connectivity index (χ3v) is 2.65. The van der Waals surface area contributed by atoms with Crippen molar-refractivity contribution in [2.75, 3.05) is 18.2 Å². The number of aromatic nitrogens is 1. The number of nitrogens with two attached hydrogens (primary N) is 1. The Bertz CT molecular complexity index is 611. The van der Waals surface area contributed by atoms with Gasteiger partial charge in [0.1, 0.15) is 5.82 Å². The highest BCUT2D eigenvalue weighted by Gasteiger charge is 2.14. The van der Waals surface area contributed by atoms with E-state index in [1.54, 1.807) is 30.5 Å². The summed E-state index contributed by atoms with van der Waals surface area (Å²) in [4.78, 5) is 16.2. The van der Waals surface area contributed by atoms with Gasteiger partial charge in [-0.05, 0) is 36.8 Å². The number of carbonyl (C=O) groups excluding carboxylic acids is 1. The second kappa shape index (κ2) is 5.39. The number of pyridine rings is 1. The zero-order valence-corrected chi connectivity index (χ0v) is 10.8. The van der Waals surface area contributed by atoms with Crippen LogP contribution in [0, 0.1) is 6.92 Å². The number of para-hydroxylation sites is 1. The number of nitrogens with zero attached hydrogens (tertiary/aromatic N) is 1. The molecule has 98 valence electrons. The van der Waals surface area contributed by atoms with E-state index in [1.165, 1.54) is 7.11 Å². The highest BCUT2D eigenvalue weighted by Crippen LogP contribution is 2.26. The van der Waals surface area contributed by atoms with Crippen LogP contribution < -0.4 is 15.8 Å². The fourth-order valence-corrected chi connectivity index (χ4v) is 1.75. The van der Waals surface area contributed by atoms with Crippen LogP contribution in [0.3, 0.4) is 0 Å². The Morgan fingerprint density at radius 1 is 1.37 bits per heavy atom. The maximum Gasteiger partial charge on any atom is 0.260 e. The van der Waals surface area contributed by atoms with Gasteiger partial charge in [0.25, 0.3) is 5.91 Å². The lowest BCUT2D eigenvalue weighted by Crippen LogP contribution is -2.14. The SMILES string of the molecule is COc1c(N)cccc1C(=O)Nc1cc(C)ccn1. The first-order valence-corrected chi connectivity index (χ1v) is 5.78. The van der Waals surface area contributed by atoms with E-state index in [9.17, 15) is 4.79 Å². The van der Waals surface area contributed by atoms with E-state index in [-0.39, 0.29) is 5.91 Å². The fraction of sp³-hybridized carbons (Fsp3) is 0.143. The summed E-state index contributed by atoms with van der Waals surface area (Å²) in [6, 6.07) is 8.69. The number of amides is 1. The molecule has 0 spiro atoms. The Morgan fingerprint density at radius 2 is 2.16 bits per heavy atom. The van der Waals surface area contributed by atoms with Crippen molar-refractivity contribution in [1.82, 2.24) is 4.98 Å². The molecule has 2 aromatic rings. The number of hydrogen-bond donors (Lipinski definition) is 2. The van der Waals surface area contributed by atoms with Crippen molar-refractivity contribution in [1.29, 1.82) is 0 Å². The summed E-state index contributed by atoms with van der Waals surface area (Å²) in [7, 11) is 1.48. The van der Waals surface area contributed by atoms with Gasteiger partial charge < -0.3 is 15.8 Å². The maximum atomic E-state index is 12.2. The van der Waals surface area contributed by atoms with Crippen LogP contribution in [0.15, 0.2) is 36.5 Å². The number of nitrogens with one attached hydrogen (secondary N) is 1. The molecule has 3 N–H and O–H groups in total. The minimum Gasteiger partial charge on any atom is -0.494 e. The first-order valence-electron chi connectivity index (χ1n) is 5.78. The van der Waals surface area contributed by atoms with Crippen LogP contribution in [0.5, 0.6) is 5.75 Å². The molecule has 0 aliphatic heterocycles. The van der Waals surface area contributed by atoms with Crippen LogP contribution in [-0.4, -0.2) is 18.0 Å². The molecule has 0 radical (unpaired) electrons. The summed E-state index contributed by atoms with van der Waals surface area (Å²) in [5, 5.41) is 2.72. The van der Waals surface area contributed by atoms with Crippen LogP contribution in [0.2, 0.25) is 0 Å². The summed E-state index contributed by atoms with van der Waals surface area (Å²) >= 11 is 0. The van der Waals surface area contributed by atoms with Gasteiger partial charge in [0.05, 0.1) is 18.4 Å². The van der Waals surface area contributed by atoms with Crippen molar-refractivity contribution < 1.29 is 9.53 Å². The lowest BCUT2D eigenvalue weighted by Gasteiger charge is -2.11. The molecule has 5 heteroatoms. The first kappa shape index (κ1) is 12.9. The van der Waals surface area contributed by atoms with Crippen LogP contribution in [-0.2, 0) is 0 Å². The van der Waals surface area contributed by atoms with E-state index in [4.69, 9.17) is 10.5 Å². The Labute approximate surface area is 111 Å². The number of carbonyl (C=O) groups is 1. The number of anilines is 2. The largest absolute Gasteiger partial charge is 0.494 e. The van der Waals surface area contributed by atoms with E-state index in [0.29, 0.717) is 22.8 Å². The molecule has 2 rings (SSSR count). The molecular formula is C14H15N3O2. The van der Waals surface area contributed by atoms with Crippen molar-refractivity contribution in [3.05, 3.63) is 47.7 Å². The minimum absolute atomic E-state index is 0.303. The van der Waals surface area contributed by atoms with Crippen LogP contribution in [0.4, 0.5) is 11.5 Å². The van der Waals surface area contributed by atoms with Gasteiger partial charge in [-0.3, -0.25) is 4.79 Å². The lowest BCUT2D eigenvalue weighted by molar-refractivity contribution is 0.102.